The molecule has 0 aliphatic carbocycles. The first-order valence-electron chi connectivity index (χ1n) is 12.6. The van der Waals surface area contributed by atoms with Crippen LogP contribution in [0.1, 0.15) is 46.0 Å². The van der Waals surface area contributed by atoms with Gasteiger partial charge >= 0.3 is 11.9 Å². The van der Waals surface area contributed by atoms with E-state index in [2.05, 4.69) is 10.4 Å². The van der Waals surface area contributed by atoms with Crippen LogP contribution in [0.2, 0.25) is 0 Å². The Bertz CT molecular complexity index is 1290. The van der Waals surface area contributed by atoms with E-state index in [0.717, 1.165) is 5.56 Å². The summed E-state index contributed by atoms with van der Waals surface area (Å²) >= 11 is 0. The highest BCUT2D eigenvalue weighted by Crippen LogP contribution is 2.30. The summed E-state index contributed by atoms with van der Waals surface area (Å²) in [5.41, 5.74) is 2.25. The maximum absolute atomic E-state index is 13.1. The van der Waals surface area contributed by atoms with Crippen molar-refractivity contribution < 1.29 is 28.6 Å². The minimum atomic E-state index is -0.621. The zero-order chi connectivity index (χ0) is 27.1. The molecule has 1 N–H and O–H groups in total. The molecule has 1 aliphatic heterocycles. The predicted octanol–water partition coefficient (Wildman–Crippen LogP) is 2.84. The number of aromatic nitrogens is 2. The van der Waals surface area contributed by atoms with Crippen LogP contribution in [-0.4, -0.2) is 67.1 Å². The third kappa shape index (κ3) is 5.86. The molecule has 1 atom stereocenters. The zero-order valence-electron chi connectivity index (χ0n) is 21.8. The number of esters is 2. The normalized spacial score (nSPS) is 14.9. The number of para-hydroxylation sites is 2. The first-order valence-corrected chi connectivity index (χ1v) is 12.6. The fourth-order valence-electron chi connectivity index (χ4n) is 4.37. The number of carbonyl (C=O) groups is 3. The van der Waals surface area contributed by atoms with Gasteiger partial charge in [0, 0.05) is 19.2 Å². The van der Waals surface area contributed by atoms with Crippen LogP contribution in [0.5, 0.6) is 5.75 Å². The molecular weight excluding hydrogens is 488 g/mol. The van der Waals surface area contributed by atoms with Crippen LogP contribution in [0.15, 0.2) is 54.6 Å². The molecule has 0 saturated carbocycles. The number of likely N-dealkylation sites (N-methyl/N-ethyl adjacent to an activating group) is 1. The summed E-state index contributed by atoms with van der Waals surface area (Å²) in [5, 5.41) is 7.70. The monoisotopic (exact) mass is 520 g/mol. The minimum absolute atomic E-state index is 0.0561. The fraction of sp³-hybridized carbons (Fsp3) is 0.357. The Morgan fingerprint density at radius 2 is 1.71 bits per heavy atom. The van der Waals surface area contributed by atoms with Crippen molar-refractivity contribution >= 4 is 23.5 Å². The topological polar surface area (TPSA) is 112 Å². The lowest BCUT2D eigenvalue weighted by Crippen LogP contribution is -2.47. The second-order valence-electron chi connectivity index (χ2n) is 8.69. The first kappa shape index (κ1) is 26.9. The van der Waals surface area contributed by atoms with Gasteiger partial charge in [0.05, 0.1) is 25.4 Å². The van der Waals surface area contributed by atoms with Crippen molar-refractivity contribution in [1.29, 1.82) is 0 Å². The lowest BCUT2D eigenvalue weighted by atomic mass is 10.1. The van der Waals surface area contributed by atoms with Crippen LogP contribution in [0, 0.1) is 0 Å². The van der Waals surface area contributed by atoms with Gasteiger partial charge in [0.25, 0.3) is 0 Å². The highest BCUT2D eigenvalue weighted by atomic mass is 16.5. The van der Waals surface area contributed by atoms with E-state index in [0.29, 0.717) is 17.0 Å². The molecule has 0 radical (unpaired) electrons. The molecule has 1 aliphatic rings. The van der Waals surface area contributed by atoms with Gasteiger partial charge < -0.3 is 24.4 Å². The highest BCUT2D eigenvalue weighted by Gasteiger charge is 2.31. The van der Waals surface area contributed by atoms with Crippen molar-refractivity contribution in [3.8, 4) is 5.75 Å². The number of carbonyl (C=O) groups excluding carboxylic acids is 3. The summed E-state index contributed by atoms with van der Waals surface area (Å²) in [7, 11) is 1.70. The molecule has 2 aromatic carbocycles. The largest absolute Gasteiger partial charge is 0.489 e. The maximum atomic E-state index is 13.1. The number of hydrogen-bond acceptors (Lipinski definition) is 8. The molecule has 0 fully saturated rings. The van der Waals surface area contributed by atoms with Crippen LogP contribution in [-0.2, 0) is 27.2 Å². The predicted molar refractivity (Wildman–Crippen MR) is 141 cm³/mol. The Morgan fingerprint density at radius 1 is 1.03 bits per heavy atom. The number of hydrogen-bond donors (Lipinski definition) is 1. The summed E-state index contributed by atoms with van der Waals surface area (Å²) in [6, 6.07) is 16.2. The molecule has 2 heterocycles. The summed E-state index contributed by atoms with van der Waals surface area (Å²) in [4.78, 5) is 40.6. The van der Waals surface area contributed by atoms with Crippen LogP contribution < -0.4 is 15.0 Å². The molecule has 10 heteroatoms. The summed E-state index contributed by atoms with van der Waals surface area (Å²) < 4.78 is 17.9. The molecule has 0 bridgehead atoms. The van der Waals surface area contributed by atoms with Crippen LogP contribution >= 0.6 is 0 Å². The quantitative estimate of drug-likeness (QED) is 0.406. The van der Waals surface area contributed by atoms with Crippen molar-refractivity contribution in [2.45, 2.75) is 32.9 Å². The van der Waals surface area contributed by atoms with Crippen LogP contribution in [0.3, 0.4) is 0 Å². The first-order chi connectivity index (χ1) is 18.4. The van der Waals surface area contributed by atoms with Crippen molar-refractivity contribution in [3.63, 3.8) is 0 Å². The van der Waals surface area contributed by atoms with E-state index in [1.165, 1.54) is 4.68 Å². The van der Waals surface area contributed by atoms with E-state index in [-0.39, 0.29) is 56.6 Å². The lowest BCUT2D eigenvalue weighted by molar-refractivity contribution is -0.120. The van der Waals surface area contributed by atoms with E-state index in [9.17, 15) is 14.4 Å². The fourth-order valence-corrected chi connectivity index (χ4v) is 4.37. The van der Waals surface area contributed by atoms with Gasteiger partial charge in [-0.25, -0.2) is 9.59 Å². The number of benzene rings is 2. The van der Waals surface area contributed by atoms with E-state index in [4.69, 9.17) is 14.2 Å². The molecule has 3 aromatic rings. The van der Waals surface area contributed by atoms with Gasteiger partial charge in [0.15, 0.2) is 11.4 Å². The van der Waals surface area contributed by atoms with Gasteiger partial charge in [-0.15, -0.1) is 0 Å². The van der Waals surface area contributed by atoms with Gasteiger partial charge in [0.2, 0.25) is 5.91 Å². The van der Waals surface area contributed by atoms with Crippen LogP contribution in [0.4, 0.5) is 5.69 Å². The molecule has 1 unspecified atom stereocenters. The highest BCUT2D eigenvalue weighted by molar-refractivity contribution is 5.99. The second-order valence-corrected chi connectivity index (χ2v) is 8.69. The molecule has 10 nitrogen and oxygen atoms in total. The SMILES string of the molecule is CCOC(=O)c1nn(Cc2ccccc2)c(C(=O)OCC)c1CCNC1COc2ccccc2N(C)C1=O. The van der Waals surface area contributed by atoms with Gasteiger partial charge in [-0.1, -0.05) is 42.5 Å². The van der Waals surface area contributed by atoms with Gasteiger partial charge in [-0.3, -0.25) is 9.48 Å². The summed E-state index contributed by atoms with van der Waals surface area (Å²) in [6.07, 6.45) is 0.234. The van der Waals surface area contributed by atoms with E-state index in [1.807, 2.05) is 54.6 Å². The molecular formula is C28H32N4O6. The van der Waals surface area contributed by atoms with Crippen molar-refractivity contribution in [1.82, 2.24) is 15.1 Å². The second kappa shape index (κ2) is 12.4. The lowest BCUT2D eigenvalue weighted by Gasteiger charge is -2.20. The molecule has 4 rings (SSSR count). The molecule has 1 amide bonds. The Balaban J connectivity index is 1.59. The van der Waals surface area contributed by atoms with E-state index in [1.54, 1.807) is 25.8 Å². The Kier molecular flexibility index (Phi) is 8.75. The number of ether oxygens (including phenoxy) is 3. The Morgan fingerprint density at radius 3 is 2.45 bits per heavy atom. The Hall–Kier alpha value is -4.18. The number of fused-ring (bicyclic) bond motifs is 1. The van der Waals surface area contributed by atoms with Gasteiger partial charge in [-0.2, -0.15) is 5.10 Å². The van der Waals surface area contributed by atoms with Crippen LogP contribution in [0.25, 0.3) is 0 Å². The number of nitrogens with zero attached hydrogens (tertiary/aromatic N) is 3. The molecule has 0 saturated heterocycles. The number of nitrogens with one attached hydrogen (secondary N) is 1. The molecule has 1 aromatic heterocycles. The van der Waals surface area contributed by atoms with Crippen molar-refractivity contribution in [2.24, 2.45) is 0 Å². The van der Waals surface area contributed by atoms with Crippen molar-refractivity contribution in [3.05, 3.63) is 77.1 Å². The average molecular weight is 521 g/mol. The smallest absolute Gasteiger partial charge is 0.359 e. The number of anilines is 1. The van der Waals surface area contributed by atoms with E-state index >= 15 is 0 Å². The van der Waals surface area contributed by atoms with E-state index < -0.39 is 18.0 Å². The maximum Gasteiger partial charge on any atom is 0.359 e. The summed E-state index contributed by atoms with van der Waals surface area (Å²) in [5.74, 6) is -0.718. The Labute approximate surface area is 221 Å². The number of amides is 1. The van der Waals surface area contributed by atoms with Gasteiger partial charge in [-0.05, 0) is 38.0 Å². The zero-order valence-corrected chi connectivity index (χ0v) is 21.8. The minimum Gasteiger partial charge on any atom is -0.489 e. The molecule has 0 spiro atoms. The third-order valence-electron chi connectivity index (χ3n) is 6.19. The molecule has 200 valence electrons. The number of rotatable bonds is 10. The van der Waals surface area contributed by atoms with Crippen molar-refractivity contribution in [2.75, 3.05) is 38.3 Å². The van der Waals surface area contributed by atoms with Gasteiger partial charge in [0.1, 0.15) is 18.4 Å². The average Bonchev–Trinajstić information content (AvgIpc) is 3.23. The third-order valence-corrected chi connectivity index (χ3v) is 6.19. The molecule has 38 heavy (non-hydrogen) atoms. The standard InChI is InChI=1S/C28H32N4O6/c1-4-36-27(34)24-20(25(28(35)37-5-2)32(30-24)17-19-11-7-6-8-12-19)15-16-29-21-18-38-23-14-10-9-13-22(23)31(3)26(21)33/h6-14,21,29H,4-5,15-18H2,1-3H3. The summed E-state index contributed by atoms with van der Waals surface area (Å²) in [6.45, 7) is 4.45.